The molecule has 0 bridgehead atoms. The van der Waals surface area contributed by atoms with Crippen LogP contribution >= 0.6 is 24.2 Å². The fourth-order valence-corrected chi connectivity index (χ4v) is 4.31. The molecule has 0 radical (unpaired) electrons. The second kappa shape index (κ2) is 8.40. The van der Waals surface area contributed by atoms with Crippen molar-refractivity contribution in [2.24, 2.45) is 5.92 Å². The Kier molecular flexibility index (Phi) is 6.80. The third-order valence-electron chi connectivity index (χ3n) is 4.79. The maximum atomic E-state index is 12.4. The highest BCUT2D eigenvalue weighted by Crippen LogP contribution is 2.35. The summed E-state index contributed by atoms with van der Waals surface area (Å²) in [6, 6.07) is -0.416. The lowest BCUT2D eigenvalue weighted by atomic mass is 9.82. The van der Waals surface area contributed by atoms with Crippen LogP contribution in [0.3, 0.4) is 0 Å². The fraction of sp³-hybridized carbons (Fsp3) is 0.750. The molecule has 0 amide bonds. The number of hydrogen-bond acceptors (Lipinski definition) is 5. The van der Waals surface area contributed by atoms with Gasteiger partial charge in [-0.2, -0.15) is 12.6 Å². The van der Waals surface area contributed by atoms with Crippen molar-refractivity contribution in [1.82, 2.24) is 4.90 Å². The number of esters is 1. The van der Waals surface area contributed by atoms with Crippen molar-refractivity contribution in [2.45, 2.75) is 48.8 Å². The number of halogens is 1. The van der Waals surface area contributed by atoms with E-state index < -0.39 is 12.0 Å². The van der Waals surface area contributed by atoms with Crippen LogP contribution in [0.25, 0.3) is 0 Å². The van der Waals surface area contributed by atoms with Gasteiger partial charge in [0.15, 0.2) is 0 Å². The van der Waals surface area contributed by atoms with E-state index in [1.807, 2.05) is 4.90 Å². The molecular formula is C16H24ClNO4S. The van der Waals surface area contributed by atoms with Gasteiger partial charge in [-0.3, -0.25) is 9.69 Å². The molecule has 0 aromatic heterocycles. The minimum atomic E-state index is -0.983. The Labute approximate surface area is 147 Å². The van der Waals surface area contributed by atoms with E-state index in [1.165, 1.54) is 13.2 Å². The highest BCUT2D eigenvalue weighted by molar-refractivity contribution is 7.81. The number of ether oxygens (including phenoxy) is 1. The van der Waals surface area contributed by atoms with Crippen molar-refractivity contribution in [1.29, 1.82) is 0 Å². The molecule has 3 unspecified atom stereocenters. The van der Waals surface area contributed by atoms with Crippen LogP contribution in [0.15, 0.2) is 11.6 Å². The van der Waals surface area contributed by atoms with Gasteiger partial charge in [-0.05, 0) is 24.8 Å². The van der Waals surface area contributed by atoms with E-state index in [0.717, 1.165) is 31.3 Å². The molecule has 1 N–H and O–H groups in total. The van der Waals surface area contributed by atoms with E-state index in [2.05, 4.69) is 12.6 Å². The van der Waals surface area contributed by atoms with E-state index in [4.69, 9.17) is 21.4 Å². The van der Waals surface area contributed by atoms with Gasteiger partial charge < -0.3 is 9.84 Å². The molecular weight excluding hydrogens is 338 g/mol. The van der Waals surface area contributed by atoms with Gasteiger partial charge in [-0.1, -0.05) is 12.8 Å². The van der Waals surface area contributed by atoms with Crippen molar-refractivity contribution >= 4 is 36.2 Å². The average Bonchev–Trinajstić information content (AvgIpc) is 2.51. The molecule has 1 saturated heterocycles. The SMILES string of the molecule is COC(=O)[C@H](C1CCCCC1Cl)N1CCC(S)/C(=C\C(=O)O)C1. The predicted molar refractivity (Wildman–Crippen MR) is 92.1 cm³/mol. The van der Waals surface area contributed by atoms with Crippen LogP contribution in [0.2, 0.25) is 0 Å². The van der Waals surface area contributed by atoms with Crippen LogP contribution in [-0.2, 0) is 14.3 Å². The molecule has 130 valence electrons. The highest BCUT2D eigenvalue weighted by Gasteiger charge is 2.41. The van der Waals surface area contributed by atoms with E-state index in [0.29, 0.717) is 19.5 Å². The number of piperidine rings is 1. The fourth-order valence-electron chi connectivity index (χ4n) is 3.62. The molecule has 4 atom stereocenters. The summed E-state index contributed by atoms with van der Waals surface area (Å²) in [5.74, 6) is -1.22. The number of carbonyl (C=O) groups is 2. The molecule has 7 heteroatoms. The van der Waals surface area contributed by atoms with Crippen LogP contribution in [0.1, 0.15) is 32.1 Å². The van der Waals surface area contributed by atoms with E-state index in [1.54, 1.807) is 0 Å². The summed E-state index contributed by atoms with van der Waals surface area (Å²) in [5, 5.41) is 8.88. The molecule has 5 nitrogen and oxygen atoms in total. The number of rotatable bonds is 4. The van der Waals surface area contributed by atoms with Crippen LogP contribution in [0.5, 0.6) is 0 Å². The summed E-state index contributed by atoms with van der Waals surface area (Å²) < 4.78 is 5.02. The first-order chi connectivity index (χ1) is 10.9. The molecule has 0 aromatic rings. The van der Waals surface area contributed by atoms with Crippen molar-refractivity contribution < 1.29 is 19.4 Å². The first-order valence-electron chi connectivity index (χ1n) is 8.01. The van der Waals surface area contributed by atoms with Gasteiger partial charge >= 0.3 is 11.9 Å². The Bertz CT molecular complexity index is 485. The zero-order valence-corrected chi connectivity index (χ0v) is 14.9. The van der Waals surface area contributed by atoms with E-state index in [9.17, 15) is 9.59 Å². The molecule has 1 saturated carbocycles. The van der Waals surface area contributed by atoms with Gasteiger partial charge in [-0.15, -0.1) is 11.6 Å². The zero-order chi connectivity index (χ0) is 17.0. The maximum Gasteiger partial charge on any atom is 0.328 e. The average molecular weight is 362 g/mol. The first kappa shape index (κ1) is 18.6. The van der Waals surface area contributed by atoms with Crippen LogP contribution in [0, 0.1) is 5.92 Å². The quantitative estimate of drug-likeness (QED) is 0.348. The largest absolute Gasteiger partial charge is 0.478 e. The molecule has 0 aromatic carbocycles. The minimum Gasteiger partial charge on any atom is -0.478 e. The Hall–Kier alpha value is -0.720. The normalized spacial score (nSPS) is 32.5. The summed E-state index contributed by atoms with van der Waals surface area (Å²) in [4.78, 5) is 25.4. The van der Waals surface area contributed by atoms with Gasteiger partial charge in [-0.25, -0.2) is 4.79 Å². The van der Waals surface area contributed by atoms with E-state index >= 15 is 0 Å². The van der Waals surface area contributed by atoms with Gasteiger partial charge in [0.2, 0.25) is 0 Å². The first-order valence-corrected chi connectivity index (χ1v) is 8.96. The number of hydrogen-bond donors (Lipinski definition) is 2. The number of nitrogens with zero attached hydrogens (tertiary/aromatic N) is 1. The number of aliphatic carboxylic acids is 1. The molecule has 2 aliphatic rings. The lowest BCUT2D eigenvalue weighted by molar-refractivity contribution is -0.149. The van der Waals surface area contributed by atoms with Crippen molar-refractivity contribution in [3.05, 3.63) is 11.6 Å². The number of carboxylic acids is 1. The lowest BCUT2D eigenvalue weighted by Crippen LogP contribution is -2.53. The summed E-state index contributed by atoms with van der Waals surface area (Å²) in [6.45, 7) is 1.10. The van der Waals surface area contributed by atoms with Crippen LogP contribution in [0.4, 0.5) is 0 Å². The smallest absolute Gasteiger partial charge is 0.328 e. The lowest BCUT2D eigenvalue weighted by Gasteiger charge is -2.42. The number of thiol groups is 1. The van der Waals surface area contributed by atoms with Crippen molar-refractivity contribution in [3.63, 3.8) is 0 Å². The molecule has 0 spiro atoms. The summed E-state index contributed by atoms with van der Waals surface area (Å²) in [5.41, 5.74) is 0.725. The Balaban J connectivity index is 2.21. The third kappa shape index (κ3) is 4.64. The number of carboxylic acid groups (broad SMARTS) is 1. The molecule has 1 heterocycles. The monoisotopic (exact) mass is 361 g/mol. The Morgan fingerprint density at radius 3 is 2.70 bits per heavy atom. The summed E-state index contributed by atoms with van der Waals surface area (Å²) in [6.07, 6.45) is 5.85. The number of alkyl halides is 1. The third-order valence-corrected chi connectivity index (χ3v) is 5.92. The number of carbonyl (C=O) groups excluding carboxylic acids is 1. The molecule has 23 heavy (non-hydrogen) atoms. The topological polar surface area (TPSA) is 66.8 Å². The van der Waals surface area contributed by atoms with Gasteiger partial charge in [0.1, 0.15) is 6.04 Å². The van der Waals surface area contributed by atoms with Crippen molar-refractivity contribution in [2.75, 3.05) is 20.2 Å². The predicted octanol–water partition coefficient (Wildman–Crippen LogP) is 2.34. The summed E-state index contributed by atoms with van der Waals surface area (Å²) in [7, 11) is 1.39. The van der Waals surface area contributed by atoms with Gasteiger partial charge in [0.05, 0.1) is 7.11 Å². The van der Waals surface area contributed by atoms with E-state index in [-0.39, 0.29) is 22.5 Å². The molecule has 2 rings (SSSR count). The zero-order valence-electron chi connectivity index (χ0n) is 13.3. The Morgan fingerprint density at radius 2 is 2.09 bits per heavy atom. The Morgan fingerprint density at radius 1 is 1.39 bits per heavy atom. The molecule has 1 aliphatic carbocycles. The van der Waals surface area contributed by atoms with Gasteiger partial charge in [0, 0.05) is 35.7 Å². The van der Waals surface area contributed by atoms with Crippen molar-refractivity contribution in [3.8, 4) is 0 Å². The number of likely N-dealkylation sites (tertiary alicyclic amines) is 1. The standard InChI is InChI=1S/C16H24ClNO4S/c1-22-16(21)15(11-4-2-3-5-12(11)17)18-7-6-13(23)10(9-18)8-14(19)20/h8,11-13,15,23H,2-7,9H2,1H3,(H,19,20)/b10-8-/t11?,12?,13?,15-/m0/s1. The molecule has 1 aliphatic heterocycles. The number of methoxy groups -OCH3 is 1. The van der Waals surface area contributed by atoms with Crippen LogP contribution < -0.4 is 0 Å². The second-order valence-corrected chi connectivity index (χ2v) is 7.45. The van der Waals surface area contributed by atoms with Gasteiger partial charge in [0.25, 0.3) is 0 Å². The second-order valence-electron chi connectivity index (χ2n) is 6.26. The van der Waals surface area contributed by atoms with Crippen LogP contribution in [-0.4, -0.2) is 58.8 Å². The minimum absolute atomic E-state index is 0.0420. The molecule has 2 fully saturated rings. The summed E-state index contributed by atoms with van der Waals surface area (Å²) >= 11 is 10.9. The maximum absolute atomic E-state index is 12.4. The highest BCUT2D eigenvalue weighted by atomic mass is 35.5.